The van der Waals surface area contributed by atoms with Crippen LogP contribution in [0.15, 0.2) is 62.8 Å². The maximum Gasteiger partial charge on any atom is 0.328 e. The van der Waals surface area contributed by atoms with Gasteiger partial charge in [0.15, 0.2) is 17.2 Å². The van der Waals surface area contributed by atoms with Crippen molar-refractivity contribution in [1.29, 1.82) is 0 Å². The molecule has 11 heteroatoms. The summed E-state index contributed by atoms with van der Waals surface area (Å²) >= 11 is 0. The zero-order chi connectivity index (χ0) is 28.5. The first-order valence-electron chi connectivity index (χ1n) is 12.2. The summed E-state index contributed by atoms with van der Waals surface area (Å²) in [5.41, 5.74) is 9.08. The molecule has 0 bridgehead atoms. The summed E-state index contributed by atoms with van der Waals surface area (Å²) in [6.07, 6.45) is 5.60. The Bertz CT molecular complexity index is 1530. The Balaban J connectivity index is 0.000000255. The van der Waals surface area contributed by atoms with E-state index >= 15 is 0 Å². The summed E-state index contributed by atoms with van der Waals surface area (Å²) in [6, 6.07) is 8.57. The van der Waals surface area contributed by atoms with Gasteiger partial charge in [-0.05, 0) is 54.2 Å². The van der Waals surface area contributed by atoms with E-state index in [1.807, 2.05) is 12.1 Å². The Morgan fingerprint density at radius 2 is 1.64 bits per heavy atom. The molecule has 1 aliphatic rings. The molecule has 0 spiro atoms. The van der Waals surface area contributed by atoms with E-state index < -0.39 is 11.2 Å². The summed E-state index contributed by atoms with van der Waals surface area (Å²) in [6.45, 7) is 0.246. The number of aryl methyl sites for hydroxylation is 2. The molecule has 1 aromatic heterocycles. The molecule has 1 aliphatic carbocycles. The van der Waals surface area contributed by atoms with E-state index in [9.17, 15) is 14.4 Å². The molecule has 39 heavy (non-hydrogen) atoms. The number of nitrogens with zero attached hydrogens (tertiary/aromatic N) is 1. The van der Waals surface area contributed by atoms with Gasteiger partial charge in [0.25, 0.3) is 5.56 Å². The maximum absolute atomic E-state index is 12.3. The van der Waals surface area contributed by atoms with Gasteiger partial charge >= 0.3 is 5.69 Å². The van der Waals surface area contributed by atoms with Gasteiger partial charge in [-0.15, -0.1) is 0 Å². The Kier molecular flexibility index (Phi) is 9.80. The number of H-pyrrole nitrogens is 1. The van der Waals surface area contributed by atoms with Crippen molar-refractivity contribution in [3.05, 3.63) is 90.6 Å². The molecule has 0 saturated heterocycles. The van der Waals surface area contributed by atoms with Crippen LogP contribution in [0.2, 0.25) is 0 Å². The first kappa shape index (κ1) is 28.9. The second-order valence-corrected chi connectivity index (χ2v) is 8.63. The second-order valence-electron chi connectivity index (χ2n) is 8.63. The number of hydrogen-bond acceptors (Lipinski definition) is 9. The summed E-state index contributed by atoms with van der Waals surface area (Å²) < 4.78 is 23.2. The lowest BCUT2D eigenvalue weighted by molar-refractivity contribution is 0.324. The number of methoxy groups -OCH3 is 4. The number of nitrogens with two attached hydrogens (primary N) is 1. The molecule has 3 aromatic rings. The number of allylic oxidation sites excluding steroid dienone is 1. The number of rotatable bonds is 7. The summed E-state index contributed by atoms with van der Waals surface area (Å²) in [7, 11) is 8.04. The Labute approximate surface area is 225 Å². The van der Waals surface area contributed by atoms with E-state index in [4.69, 9.17) is 24.7 Å². The van der Waals surface area contributed by atoms with Crippen molar-refractivity contribution in [2.75, 3.05) is 35.5 Å². The quantitative estimate of drug-likeness (QED) is 0.410. The topological polar surface area (TPSA) is 147 Å². The summed E-state index contributed by atoms with van der Waals surface area (Å²) in [5, 5.41) is 2.74. The van der Waals surface area contributed by atoms with E-state index in [1.165, 1.54) is 23.9 Å². The zero-order valence-electron chi connectivity index (χ0n) is 22.8. The van der Waals surface area contributed by atoms with E-state index in [1.54, 1.807) is 46.7 Å². The van der Waals surface area contributed by atoms with E-state index in [-0.39, 0.29) is 12.0 Å². The van der Waals surface area contributed by atoms with E-state index in [2.05, 4.69) is 10.3 Å². The number of fused-ring (bicyclic) bond motifs is 3. The monoisotopic (exact) mass is 538 g/mol. The number of benzene rings is 1. The molecule has 0 unspecified atom stereocenters. The number of aromatic nitrogens is 2. The third kappa shape index (κ3) is 6.61. The molecule has 11 nitrogen and oxygen atoms in total. The Morgan fingerprint density at radius 3 is 2.26 bits per heavy atom. The molecular formula is C28H34N4O7. The van der Waals surface area contributed by atoms with E-state index in [0.717, 1.165) is 41.5 Å². The minimum atomic E-state index is -0.468. The van der Waals surface area contributed by atoms with Crippen LogP contribution >= 0.6 is 0 Å². The fraction of sp³-hybridized carbons (Fsp3) is 0.321. The highest BCUT2D eigenvalue weighted by Crippen LogP contribution is 2.48. The van der Waals surface area contributed by atoms with Crippen molar-refractivity contribution in [3.63, 3.8) is 0 Å². The Hall–Kier alpha value is -4.67. The van der Waals surface area contributed by atoms with Crippen LogP contribution in [0.3, 0.4) is 0 Å². The molecule has 0 amide bonds. The van der Waals surface area contributed by atoms with E-state index in [0.29, 0.717) is 28.7 Å². The molecule has 2 aromatic carbocycles. The third-order valence-corrected chi connectivity index (χ3v) is 6.17. The van der Waals surface area contributed by atoms with Gasteiger partial charge in [-0.1, -0.05) is 6.07 Å². The molecule has 0 fully saturated rings. The molecule has 4 N–H and O–H groups in total. The predicted octanol–water partition coefficient (Wildman–Crippen LogP) is 1.79. The smallest absolute Gasteiger partial charge is 0.328 e. The first-order valence-corrected chi connectivity index (χ1v) is 12.2. The van der Waals surface area contributed by atoms with Gasteiger partial charge in [-0.2, -0.15) is 0 Å². The number of hydrogen-bond donors (Lipinski definition) is 3. The van der Waals surface area contributed by atoms with Crippen molar-refractivity contribution in [3.8, 4) is 34.1 Å². The minimum Gasteiger partial charge on any atom is -0.493 e. The lowest BCUT2D eigenvalue weighted by Crippen LogP contribution is -2.30. The number of ether oxygens (including phenoxy) is 4. The number of nitrogens with one attached hydrogen (secondary N) is 2. The standard InChI is InChI=1S/C20H22O5.C8H12N4O2/c1-22-16-9-8-14-12(10-15(16)21)6-5-7-13-11-17(23-2)19(24-3)20(25-4)18(13)14;1-10-4-6(9)5-12-3-2-7(13)11-8(12)14/h8-11H,5-7H2,1-4H3;2-4,10H,5,9H2,1H3,(H,11,13,14)/b;6-4-. The predicted molar refractivity (Wildman–Crippen MR) is 149 cm³/mol. The molecule has 0 saturated carbocycles. The first-order chi connectivity index (χ1) is 18.8. The normalized spacial score (nSPS) is 12.1. The highest BCUT2D eigenvalue weighted by molar-refractivity contribution is 5.82. The average Bonchev–Trinajstić information content (AvgIpc) is 3.18. The van der Waals surface area contributed by atoms with Crippen LogP contribution in [0.5, 0.6) is 23.0 Å². The van der Waals surface area contributed by atoms with Gasteiger partial charge in [0.2, 0.25) is 11.2 Å². The van der Waals surface area contributed by atoms with Crippen LogP contribution in [0.25, 0.3) is 11.1 Å². The van der Waals surface area contributed by atoms with Crippen LogP contribution < -0.4 is 46.7 Å². The molecule has 0 radical (unpaired) electrons. The second kappa shape index (κ2) is 13.2. The van der Waals surface area contributed by atoms with Crippen molar-refractivity contribution in [1.82, 2.24) is 14.9 Å². The Morgan fingerprint density at radius 1 is 0.949 bits per heavy atom. The van der Waals surface area contributed by atoms with Crippen molar-refractivity contribution >= 4 is 0 Å². The molecule has 0 atom stereocenters. The molecular weight excluding hydrogens is 504 g/mol. The van der Waals surface area contributed by atoms with Crippen LogP contribution in [0, 0.1) is 0 Å². The maximum atomic E-state index is 12.3. The minimum absolute atomic E-state index is 0.119. The molecule has 1 heterocycles. The van der Waals surface area contributed by atoms with Gasteiger partial charge < -0.3 is 30.0 Å². The van der Waals surface area contributed by atoms with Gasteiger partial charge in [-0.3, -0.25) is 19.1 Å². The average molecular weight is 539 g/mol. The van der Waals surface area contributed by atoms with Crippen LogP contribution in [-0.4, -0.2) is 45.0 Å². The molecule has 4 rings (SSSR count). The fourth-order valence-electron chi connectivity index (χ4n) is 4.44. The van der Waals surface area contributed by atoms with Crippen molar-refractivity contribution in [2.24, 2.45) is 5.73 Å². The van der Waals surface area contributed by atoms with Gasteiger partial charge in [0.1, 0.15) is 0 Å². The van der Waals surface area contributed by atoms with Crippen LogP contribution in [0.4, 0.5) is 0 Å². The van der Waals surface area contributed by atoms with Gasteiger partial charge in [0.05, 0.1) is 35.0 Å². The summed E-state index contributed by atoms with van der Waals surface area (Å²) in [4.78, 5) is 36.4. The van der Waals surface area contributed by atoms with Crippen molar-refractivity contribution in [2.45, 2.75) is 25.8 Å². The third-order valence-electron chi connectivity index (χ3n) is 6.17. The molecule has 0 aliphatic heterocycles. The fourth-order valence-corrected chi connectivity index (χ4v) is 4.44. The number of aromatic amines is 1. The highest BCUT2D eigenvalue weighted by Gasteiger charge is 2.25. The van der Waals surface area contributed by atoms with Crippen LogP contribution in [-0.2, 0) is 19.4 Å². The lowest BCUT2D eigenvalue weighted by Gasteiger charge is -2.19. The summed E-state index contributed by atoms with van der Waals surface area (Å²) in [5.74, 6) is 2.15. The lowest BCUT2D eigenvalue weighted by atomic mass is 9.96. The zero-order valence-corrected chi connectivity index (χ0v) is 22.8. The highest BCUT2D eigenvalue weighted by atomic mass is 16.5. The molecule has 208 valence electrons. The largest absolute Gasteiger partial charge is 0.493 e. The van der Waals surface area contributed by atoms with Gasteiger partial charge in [-0.25, -0.2) is 4.79 Å². The van der Waals surface area contributed by atoms with Gasteiger partial charge in [0, 0.05) is 36.8 Å². The SMILES string of the molecule is CN/C=C(\N)Cn1ccc(=O)[nH]c1=O.COc1cc2c(c(OC)c1OC)-c1ccc(OC)c(=O)cc1CCC2. The van der Waals surface area contributed by atoms with Crippen LogP contribution in [0.1, 0.15) is 17.5 Å². The van der Waals surface area contributed by atoms with Crippen molar-refractivity contribution < 1.29 is 18.9 Å².